The van der Waals surface area contributed by atoms with Crippen molar-refractivity contribution in [1.82, 2.24) is 9.88 Å². The van der Waals surface area contributed by atoms with Crippen LogP contribution in [0.4, 0.5) is 5.69 Å². The van der Waals surface area contributed by atoms with E-state index in [1.54, 1.807) is 11.3 Å². The van der Waals surface area contributed by atoms with Crippen molar-refractivity contribution in [3.63, 3.8) is 0 Å². The van der Waals surface area contributed by atoms with E-state index >= 15 is 0 Å². The van der Waals surface area contributed by atoms with Gasteiger partial charge in [0.2, 0.25) is 0 Å². The third-order valence-electron chi connectivity index (χ3n) is 5.51. The van der Waals surface area contributed by atoms with Crippen molar-refractivity contribution >= 4 is 33.1 Å². The average Bonchev–Trinajstić information content (AvgIpc) is 3.17. The van der Waals surface area contributed by atoms with Crippen LogP contribution in [0.5, 0.6) is 5.75 Å². The Bertz CT molecular complexity index is 965. The molecule has 0 radical (unpaired) electrons. The van der Waals surface area contributed by atoms with Crippen molar-refractivity contribution < 1.29 is 14.4 Å². The highest BCUT2D eigenvalue weighted by Gasteiger charge is 2.25. The number of benzene rings is 2. The molecule has 7 heteroatoms. The lowest BCUT2D eigenvalue weighted by molar-refractivity contribution is -0.892. The summed E-state index contributed by atoms with van der Waals surface area (Å²) in [5, 5.41) is 0.986. The van der Waals surface area contributed by atoms with Crippen molar-refractivity contribution in [2.45, 2.75) is 13.5 Å². The number of piperazine rings is 1. The number of hydrogen-bond donors (Lipinski definition) is 1. The van der Waals surface area contributed by atoms with Gasteiger partial charge in [-0.1, -0.05) is 24.3 Å². The molecule has 2 aromatic carbocycles. The number of carbonyl (C=O) groups excluding carboxylic acids is 1. The minimum absolute atomic E-state index is 0.174. The molecule has 1 aliphatic rings. The van der Waals surface area contributed by atoms with E-state index in [2.05, 4.69) is 28.1 Å². The highest BCUT2D eigenvalue weighted by molar-refractivity contribution is 7.18. The lowest BCUT2D eigenvalue weighted by Gasteiger charge is -2.34. The van der Waals surface area contributed by atoms with Crippen LogP contribution in [0.1, 0.15) is 11.9 Å². The molecule has 0 aliphatic carbocycles. The number of amides is 1. The molecule has 2 heterocycles. The van der Waals surface area contributed by atoms with Crippen LogP contribution in [0.2, 0.25) is 0 Å². The van der Waals surface area contributed by atoms with Crippen molar-refractivity contribution in [3.05, 3.63) is 53.5 Å². The summed E-state index contributed by atoms with van der Waals surface area (Å²) in [6.45, 7) is 7.51. The summed E-state index contributed by atoms with van der Waals surface area (Å²) in [4.78, 5) is 22.9. The molecule has 1 amide bonds. The van der Waals surface area contributed by atoms with Crippen molar-refractivity contribution in [1.29, 1.82) is 0 Å². The number of aromatic nitrogens is 1. The van der Waals surface area contributed by atoms with E-state index in [4.69, 9.17) is 4.74 Å². The Morgan fingerprint density at radius 2 is 1.90 bits per heavy atom. The number of nitrogens with zero attached hydrogens (tertiary/aromatic N) is 3. The van der Waals surface area contributed by atoms with E-state index in [0.717, 1.165) is 48.1 Å². The van der Waals surface area contributed by atoms with Gasteiger partial charge in [-0.25, -0.2) is 4.98 Å². The Balaban J connectivity index is 1.29. The Morgan fingerprint density at radius 1 is 1.17 bits per heavy atom. The van der Waals surface area contributed by atoms with Gasteiger partial charge in [0.15, 0.2) is 6.54 Å². The average molecular weight is 426 g/mol. The zero-order valence-electron chi connectivity index (χ0n) is 17.6. The monoisotopic (exact) mass is 425 g/mol. The second-order valence-electron chi connectivity index (χ2n) is 7.64. The molecule has 0 spiro atoms. The lowest BCUT2D eigenvalue weighted by Crippen LogP contribution is -3.15. The fourth-order valence-corrected chi connectivity index (χ4v) is 4.88. The predicted octanol–water partition coefficient (Wildman–Crippen LogP) is 2.06. The number of thiazole rings is 1. The third kappa shape index (κ3) is 4.74. The standard InChI is InChI=1S/C23H28N4O2S/c1-3-29-20-10-6-5-9-19(20)27-14-12-26(13-15-27)17-23(28)25(2)16-22-24-18-8-4-7-11-21(18)30-22/h4-11H,3,12-17H2,1-2H3/p+1. The smallest absolute Gasteiger partial charge is 0.277 e. The van der Waals surface area contributed by atoms with Gasteiger partial charge in [0, 0.05) is 7.05 Å². The molecule has 6 nitrogen and oxygen atoms in total. The number of likely N-dealkylation sites (N-methyl/N-ethyl adjacent to an activating group) is 1. The molecule has 1 aliphatic heterocycles. The zero-order valence-corrected chi connectivity index (χ0v) is 18.5. The van der Waals surface area contributed by atoms with Gasteiger partial charge in [-0.05, 0) is 31.2 Å². The highest BCUT2D eigenvalue weighted by atomic mass is 32.1. The van der Waals surface area contributed by atoms with Crippen LogP contribution in [0.15, 0.2) is 48.5 Å². The van der Waals surface area contributed by atoms with E-state index in [-0.39, 0.29) is 5.91 Å². The number of anilines is 1. The van der Waals surface area contributed by atoms with Crippen LogP contribution >= 0.6 is 11.3 Å². The first kappa shape index (κ1) is 20.6. The molecule has 4 rings (SSSR count). The second kappa shape index (κ2) is 9.45. The largest absolute Gasteiger partial charge is 0.492 e. The summed E-state index contributed by atoms with van der Waals surface area (Å²) >= 11 is 1.66. The number of quaternary nitrogens is 1. The number of rotatable bonds is 7. The SMILES string of the molecule is CCOc1ccccc1N1CC[NH+](CC(=O)N(C)Cc2nc3ccccc3s2)CC1. The van der Waals surface area contributed by atoms with Crippen LogP contribution in [0.25, 0.3) is 10.2 Å². The van der Waals surface area contributed by atoms with Crippen LogP contribution in [0.3, 0.4) is 0 Å². The van der Waals surface area contributed by atoms with Crippen molar-refractivity contribution in [2.75, 3.05) is 51.3 Å². The Hall–Kier alpha value is -2.64. The zero-order chi connectivity index (χ0) is 20.9. The Morgan fingerprint density at radius 3 is 2.67 bits per heavy atom. The third-order valence-corrected chi connectivity index (χ3v) is 6.54. The summed E-state index contributed by atoms with van der Waals surface area (Å²) in [6, 6.07) is 16.3. The number of carbonyl (C=O) groups is 1. The molecule has 30 heavy (non-hydrogen) atoms. The highest BCUT2D eigenvalue weighted by Crippen LogP contribution is 2.27. The van der Waals surface area contributed by atoms with E-state index in [0.29, 0.717) is 19.7 Å². The maximum atomic E-state index is 12.8. The predicted molar refractivity (Wildman–Crippen MR) is 121 cm³/mol. The number of para-hydroxylation sites is 3. The van der Waals surface area contributed by atoms with Gasteiger partial charge in [0.1, 0.15) is 10.8 Å². The molecule has 0 unspecified atom stereocenters. The number of hydrogen-bond acceptors (Lipinski definition) is 5. The Kier molecular flexibility index (Phi) is 6.50. The first-order valence-corrected chi connectivity index (χ1v) is 11.3. The van der Waals surface area contributed by atoms with Crippen LogP contribution in [0, 0.1) is 0 Å². The summed E-state index contributed by atoms with van der Waals surface area (Å²) in [5.74, 6) is 1.11. The molecule has 158 valence electrons. The van der Waals surface area contributed by atoms with E-state index in [9.17, 15) is 4.79 Å². The number of fused-ring (bicyclic) bond motifs is 1. The van der Waals surface area contributed by atoms with Gasteiger partial charge in [0.25, 0.3) is 5.91 Å². The lowest BCUT2D eigenvalue weighted by atomic mass is 10.2. The second-order valence-corrected chi connectivity index (χ2v) is 8.75. The van der Waals surface area contributed by atoms with Crippen LogP contribution in [-0.4, -0.2) is 62.2 Å². The van der Waals surface area contributed by atoms with Crippen molar-refractivity contribution in [3.8, 4) is 5.75 Å². The molecule has 0 saturated carbocycles. The van der Waals surface area contributed by atoms with Gasteiger partial charge >= 0.3 is 0 Å². The summed E-state index contributed by atoms with van der Waals surface area (Å²) in [5.41, 5.74) is 2.16. The quantitative estimate of drug-likeness (QED) is 0.630. The molecule has 1 saturated heterocycles. The first-order chi connectivity index (χ1) is 14.6. The maximum Gasteiger partial charge on any atom is 0.277 e. The van der Waals surface area contributed by atoms with Crippen LogP contribution in [-0.2, 0) is 11.3 Å². The molecule has 0 atom stereocenters. The molecule has 3 aromatic rings. The molecular weight excluding hydrogens is 396 g/mol. The minimum Gasteiger partial charge on any atom is -0.492 e. The fourth-order valence-electron chi connectivity index (χ4n) is 3.86. The van der Waals surface area contributed by atoms with E-state index < -0.39 is 0 Å². The molecule has 1 N–H and O–H groups in total. The maximum absolute atomic E-state index is 12.8. The number of nitrogens with one attached hydrogen (secondary N) is 1. The summed E-state index contributed by atoms with van der Waals surface area (Å²) in [6.07, 6.45) is 0. The molecule has 0 bridgehead atoms. The molecule has 1 aromatic heterocycles. The van der Waals surface area contributed by atoms with Crippen molar-refractivity contribution in [2.24, 2.45) is 0 Å². The Labute approximate surface area is 181 Å². The molecule has 1 fully saturated rings. The minimum atomic E-state index is 0.174. The van der Waals surface area contributed by atoms with E-state index in [1.807, 2.05) is 49.2 Å². The summed E-state index contributed by atoms with van der Waals surface area (Å²) < 4.78 is 6.95. The topological polar surface area (TPSA) is 50.1 Å². The van der Waals surface area contributed by atoms with E-state index in [1.165, 1.54) is 9.60 Å². The molecular formula is C23H29N4O2S+. The van der Waals surface area contributed by atoms with Gasteiger partial charge in [0.05, 0.1) is 55.2 Å². The first-order valence-electron chi connectivity index (χ1n) is 10.5. The van der Waals surface area contributed by atoms with Crippen LogP contribution < -0.4 is 14.5 Å². The number of ether oxygens (including phenoxy) is 1. The fraction of sp³-hybridized carbons (Fsp3) is 0.391. The normalized spacial score (nSPS) is 14.8. The summed E-state index contributed by atoms with van der Waals surface area (Å²) in [7, 11) is 1.88. The van der Waals surface area contributed by atoms with Gasteiger partial charge in [-0.2, -0.15) is 0 Å². The van der Waals surface area contributed by atoms with Gasteiger partial charge in [-0.3, -0.25) is 4.79 Å². The van der Waals surface area contributed by atoms with Gasteiger partial charge < -0.3 is 19.4 Å². The van der Waals surface area contributed by atoms with Gasteiger partial charge in [-0.15, -0.1) is 11.3 Å².